The molecule has 1 N–H and O–H groups in total. The molecule has 0 amide bonds. The molecule has 1 aliphatic heterocycles. The van der Waals surface area contributed by atoms with E-state index >= 15 is 0 Å². The zero-order valence-corrected chi connectivity index (χ0v) is 10.6. The molecule has 18 heavy (non-hydrogen) atoms. The summed E-state index contributed by atoms with van der Waals surface area (Å²) in [4.78, 5) is 13.4. The van der Waals surface area contributed by atoms with Crippen molar-refractivity contribution in [2.75, 3.05) is 37.6 Å². The summed E-state index contributed by atoms with van der Waals surface area (Å²) in [5.41, 5.74) is 0.646. The lowest BCUT2D eigenvalue weighted by Crippen LogP contribution is -2.47. The molecule has 0 spiro atoms. The molecule has 1 aromatic rings. The fraction of sp³-hybridized carbons (Fsp3) is 0.692. The minimum Gasteiger partial charge on any atom is -0.390 e. The lowest BCUT2D eigenvalue weighted by atomic mass is 10.3. The van der Waals surface area contributed by atoms with Gasteiger partial charge in [0.25, 0.3) is 0 Å². The quantitative estimate of drug-likeness (QED) is 0.841. The van der Waals surface area contributed by atoms with Gasteiger partial charge in [0.2, 0.25) is 0 Å². The van der Waals surface area contributed by atoms with Crippen molar-refractivity contribution in [1.29, 1.82) is 0 Å². The van der Waals surface area contributed by atoms with E-state index in [1.54, 1.807) is 12.4 Å². The average molecular weight is 248 g/mol. The molecule has 0 unspecified atom stereocenters. The van der Waals surface area contributed by atoms with Crippen LogP contribution in [0.1, 0.15) is 18.5 Å². The number of hydrogen-bond acceptors (Lipinski definition) is 5. The minimum absolute atomic E-state index is 0.0392. The molecular formula is C13H20N4O. The van der Waals surface area contributed by atoms with Crippen molar-refractivity contribution < 1.29 is 5.11 Å². The first kappa shape index (κ1) is 11.9. The van der Waals surface area contributed by atoms with Gasteiger partial charge in [0.15, 0.2) is 0 Å². The number of anilines is 1. The van der Waals surface area contributed by atoms with E-state index in [-0.39, 0.29) is 6.61 Å². The topological polar surface area (TPSA) is 52.5 Å². The largest absolute Gasteiger partial charge is 0.390 e. The van der Waals surface area contributed by atoms with Crippen molar-refractivity contribution in [2.24, 2.45) is 5.92 Å². The molecule has 0 radical (unpaired) electrons. The van der Waals surface area contributed by atoms with Crippen molar-refractivity contribution in [3.8, 4) is 0 Å². The summed E-state index contributed by atoms with van der Waals surface area (Å²) in [6, 6.07) is 0. The van der Waals surface area contributed by atoms with Crippen LogP contribution in [0.3, 0.4) is 0 Å². The number of nitrogens with zero attached hydrogens (tertiary/aromatic N) is 4. The molecule has 5 nitrogen and oxygen atoms in total. The summed E-state index contributed by atoms with van der Waals surface area (Å²) in [7, 11) is 0. The van der Waals surface area contributed by atoms with Crippen LogP contribution in [0.15, 0.2) is 12.4 Å². The van der Waals surface area contributed by atoms with Gasteiger partial charge in [0, 0.05) is 32.7 Å². The highest BCUT2D eigenvalue weighted by molar-refractivity contribution is 5.36. The smallest absolute Gasteiger partial charge is 0.147 e. The SMILES string of the molecule is OCc1cncc(N2CCN(CC3CC3)CC2)n1. The third kappa shape index (κ3) is 2.79. The van der Waals surface area contributed by atoms with E-state index in [0.717, 1.165) is 37.9 Å². The van der Waals surface area contributed by atoms with Crippen LogP contribution in [-0.2, 0) is 6.61 Å². The Morgan fingerprint density at radius 3 is 2.61 bits per heavy atom. The van der Waals surface area contributed by atoms with Crippen LogP contribution >= 0.6 is 0 Å². The van der Waals surface area contributed by atoms with Gasteiger partial charge in [-0.3, -0.25) is 9.88 Å². The second-order valence-electron chi connectivity index (χ2n) is 5.26. The molecule has 2 aliphatic rings. The van der Waals surface area contributed by atoms with E-state index in [1.165, 1.54) is 19.4 Å². The first-order valence-electron chi connectivity index (χ1n) is 6.74. The first-order valence-corrected chi connectivity index (χ1v) is 6.74. The Labute approximate surface area is 107 Å². The Morgan fingerprint density at radius 1 is 1.17 bits per heavy atom. The molecule has 2 fully saturated rings. The van der Waals surface area contributed by atoms with Gasteiger partial charge in [0.05, 0.1) is 24.7 Å². The van der Waals surface area contributed by atoms with E-state index in [0.29, 0.717) is 5.69 Å². The van der Waals surface area contributed by atoms with Gasteiger partial charge in [-0.1, -0.05) is 0 Å². The van der Waals surface area contributed by atoms with Gasteiger partial charge < -0.3 is 10.0 Å². The van der Waals surface area contributed by atoms with E-state index in [9.17, 15) is 0 Å². The number of aliphatic hydroxyl groups excluding tert-OH is 1. The zero-order valence-electron chi connectivity index (χ0n) is 10.6. The second-order valence-corrected chi connectivity index (χ2v) is 5.26. The summed E-state index contributed by atoms with van der Waals surface area (Å²) in [6.07, 6.45) is 6.25. The number of rotatable bonds is 4. The molecule has 3 rings (SSSR count). The van der Waals surface area contributed by atoms with Crippen LogP contribution in [0.2, 0.25) is 0 Å². The summed E-state index contributed by atoms with van der Waals surface area (Å²) in [5, 5.41) is 9.08. The standard InChI is InChI=1S/C13H20N4O/c18-10-12-7-14-8-13(15-12)17-5-3-16(4-6-17)9-11-1-2-11/h7-8,11,18H,1-6,9-10H2. The lowest BCUT2D eigenvalue weighted by Gasteiger charge is -2.35. The van der Waals surface area contributed by atoms with Gasteiger partial charge in [0.1, 0.15) is 5.82 Å². The van der Waals surface area contributed by atoms with Crippen molar-refractivity contribution >= 4 is 5.82 Å². The highest BCUT2D eigenvalue weighted by Crippen LogP contribution is 2.30. The van der Waals surface area contributed by atoms with Gasteiger partial charge >= 0.3 is 0 Å². The van der Waals surface area contributed by atoms with E-state index in [4.69, 9.17) is 5.11 Å². The Balaban J connectivity index is 1.57. The molecule has 1 aromatic heterocycles. The maximum absolute atomic E-state index is 9.08. The van der Waals surface area contributed by atoms with Crippen molar-refractivity contribution in [3.05, 3.63) is 18.1 Å². The molecule has 1 saturated heterocycles. The first-order chi connectivity index (χ1) is 8.85. The number of hydrogen-bond donors (Lipinski definition) is 1. The third-order valence-corrected chi connectivity index (χ3v) is 3.74. The molecule has 0 bridgehead atoms. The highest BCUT2D eigenvalue weighted by atomic mass is 16.3. The third-order valence-electron chi connectivity index (χ3n) is 3.74. The van der Waals surface area contributed by atoms with Crippen LogP contribution in [0.5, 0.6) is 0 Å². The Morgan fingerprint density at radius 2 is 1.94 bits per heavy atom. The Kier molecular flexibility index (Phi) is 3.43. The Bertz CT molecular complexity index is 400. The van der Waals surface area contributed by atoms with Crippen molar-refractivity contribution in [3.63, 3.8) is 0 Å². The van der Waals surface area contributed by atoms with Gasteiger partial charge in [-0.25, -0.2) is 4.98 Å². The molecular weight excluding hydrogens is 228 g/mol. The lowest BCUT2D eigenvalue weighted by molar-refractivity contribution is 0.247. The van der Waals surface area contributed by atoms with E-state index in [1.807, 2.05) is 0 Å². The highest BCUT2D eigenvalue weighted by Gasteiger charge is 2.26. The molecule has 2 heterocycles. The van der Waals surface area contributed by atoms with Crippen LogP contribution in [0, 0.1) is 5.92 Å². The zero-order chi connectivity index (χ0) is 12.4. The second kappa shape index (κ2) is 5.20. The minimum atomic E-state index is -0.0392. The van der Waals surface area contributed by atoms with E-state index < -0.39 is 0 Å². The van der Waals surface area contributed by atoms with Gasteiger partial charge in [-0.15, -0.1) is 0 Å². The fourth-order valence-electron chi connectivity index (χ4n) is 2.45. The Hall–Kier alpha value is -1.20. The maximum atomic E-state index is 9.08. The van der Waals surface area contributed by atoms with Crippen molar-refractivity contribution in [1.82, 2.24) is 14.9 Å². The van der Waals surface area contributed by atoms with Gasteiger partial charge in [-0.2, -0.15) is 0 Å². The molecule has 1 saturated carbocycles. The van der Waals surface area contributed by atoms with Crippen LogP contribution in [-0.4, -0.2) is 52.7 Å². The van der Waals surface area contributed by atoms with Crippen LogP contribution in [0.25, 0.3) is 0 Å². The number of aromatic nitrogens is 2. The summed E-state index contributed by atoms with van der Waals surface area (Å²) in [6.45, 7) is 5.48. The summed E-state index contributed by atoms with van der Waals surface area (Å²) < 4.78 is 0. The predicted octanol–water partition coefficient (Wildman–Crippen LogP) is 0.501. The summed E-state index contributed by atoms with van der Waals surface area (Å²) in [5.74, 6) is 1.86. The molecule has 5 heteroatoms. The van der Waals surface area contributed by atoms with Gasteiger partial charge in [-0.05, 0) is 18.8 Å². The predicted molar refractivity (Wildman–Crippen MR) is 69.3 cm³/mol. The molecule has 98 valence electrons. The molecule has 0 atom stereocenters. The van der Waals surface area contributed by atoms with E-state index in [2.05, 4.69) is 19.8 Å². The fourth-order valence-corrected chi connectivity index (χ4v) is 2.45. The van der Waals surface area contributed by atoms with Crippen LogP contribution < -0.4 is 4.90 Å². The summed E-state index contributed by atoms with van der Waals surface area (Å²) >= 11 is 0. The number of piperazine rings is 1. The maximum Gasteiger partial charge on any atom is 0.147 e. The molecule has 1 aliphatic carbocycles. The monoisotopic (exact) mass is 248 g/mol. The van der Waals surface area contributed by atoms with Crippen molar-refractivity contribution in [2.45, 2.75) is 19.4 Å². The average Bonchev–Trinajstić information content (AvgIpc) is 3.24. The van der Waals surface area contributed by atoms with Crippen LogP contribution in [0.4, 0.5) is 5.82 Å². The number of aliphatic hydroxyl groups is 1. The normalized spacial score (nSPS) is 21.3. The molecule has 0 aromatic carbocycles.